The molecule has 5 nitrogen and oxygen atoms in total. The van der Waals surface area contributed by atoms with Gasteiger partial charge in [-0.1, -0.05) is 258 Å². The quantitative estimate of drug-likeness (QED) is 0.0454. The fraction of sp³-hybridized carbons (Fsp3) is 0.961. The summed E-state index contributed by atoms with van der Waals surface area (Å²) in [6.45, 7) is 7.89. The molecule has 0 aliphatic carbocycles. The normalized spacial score (nSPS) is 12.0. The van der Waals surface area contributed by atoms with Gasteiger partial charge in [0.2, 0.25) is 0 Å². The van der Waals surface area contributed by atoms with Crippen molar-refractivity contribution in [1.82, 2.24) is 0 Å². The molecule has 1 atom stereocenters. The molecule has 334 valence electrons. The third-order valence-corrected chi connectivity index (χ3v) is 11.6. The van der Waals surface area contributed by atoms with Gasteiger partial charge in [0.25, 0.3) is 0 Å². The fourth-order valence-corrected chi connectivity index (χ4v) is 7.81. The molecular weight excluding hydrogens is 693 g/mol. The molecule has 0 spiro atoms. The average Bonchev–Trinajstić information content (AvgIpc) is 3.20. The summed E-state index contributed by atoms with van der Waals surface area (Å²) in [5, 5.41) is 0. The Bertz CT molecular complexity index is 769. The zero-order valence-electron chi connectivity index (χ0n) is 38.4. The van der Waals surface area contributed by atoms with Gasteiger partial charge in [0.05, 0.1) is 6.61 Å². The minimum Gasteiger partial charge on any atom is -0.462 e. The third-order valence-electron chi connectivity index (χ3n) is 11.6. The van der Waals surface area contributed by atoms with Crippen LogP contribution in [0.25, 0.3) is 0 Å². The first kappa shape index (κ1) is 54.9. The molecule has 0 radical (unpaired) electrons. The molecule has 0 aromatic rings. The first-order valence-electron chi connectivity index (χ1n) is 25.6. The van der Waals surface area contributed by atoms with Crippen molar-refractivity contribution >= 4 is 11.9 Å². The second kappa shape index (κ2) is 48.3. The van der Waals surface area contributed by atoms with Gasteiger partial charge in [0, 0.05) is 19.4 Å². The van der Waals surface area contributed by atoms with Crippen molar-refractivity contribution in [2.45, 2.75) is 297 Å². The van der Waals surface area contributed by atoms with E-state index in [0.717, 1.165) is 32.1 Å². The first-order valence-corrected chi connectivity index (χ1v) is 25.6. The van der Waals surface area contributed by atoms with Crippen LogP contribution in [0, 0.1) is 0 Å². The average molecular weight is 793 g/mol. The van der Waals surface area contributed by atoms with Crippen molar-refractivity contribution in [3.63, 3.8) is 0 Å². The predicted molar refractivity (Wildman–Crippen MR) is 243 cm³/mol. The number of unbranched alkanes of at least 4 members (excludes halogenated alkanes) is 37. The Morgan fingerprint density at radius 1 is 0.321 bits per heavy atom. The van der Waals surface area contributed by atoms with E-state index in [-0.39, 0.29) is 18.5 Å². The van der Waals surface area contributed by atoms with E-state index in [1.54, 1.807) is 0 Å². The zero-order chi connectivity index (χ0) is 40.7. The van der Waals surface area contributed by atoms with Crippen LogP contribution < -0.4 is 0 Å². The van der Waals surface area contributed by atoms with Gasteiger partial charge in [-0.15, -0.1) is 0 Å². The van der Waals surface area contributed by atoms with Crippen LogP contribution in [0.3, 0.4) is 0 Å². The number of hydrogen-bond donors (Lipinski definition) is 0. The molecule has 0 aliphatic heterocycles. The first-order chi connectivity index (χ1) is 27.6. The lowest BCUT2D eigenvalue weighted by Crippen LogP contribution is -2.30. The van der Waals surface area contributed by atoms with E-state index < -0.39 is 6.10 Å². The Kier molecular flexibility index (Phi) is 47.3. The summed E-state index contributed by atoms with van der Waals surface area (Å²) < 4.78 is 17.4. The maximum atomic E-state index is 12.7. The maximum absolute atomic E-state index is 12.7. The molecule has 0 bridgehead atoms. The molecule has 5 heteroatoms. The van der Waals surface area contributed by atoms with Crippen molar-refractivity contribution in [1.29, 1.82) is 0 Å². The summed E-state index contributed by atoms with van der Waals surface area (Å²) >= 11 is 0. The molecule has 0 fully saturated rings. The summed E-state index contributed by atoms with van der Waals surface area (Å²) in [7, 11) is 0. The van der Waals surface area contributed by atoms with E-state index in [0.29, 0.717) is 26.1 Å². The van der Waals surface area contributed by atoms with Gasteiger partial charge in [-0.3, -0.25) is 9.59 Å². The van der Waals surface area contributed by atoms with Crippen LogP contribution in [-0.4, -0.2) is 37.9 Å². The summed E-state index contributed by atoms with van der Waals surface area (Å²) in [5.41, 5.74) is 0. The Balaban J connectivity index is 4.13. The van der Waals surface area contributed by atoms with Crippen LogP contribution in [0.5, 0.6) is 0 Å². The molecule has 0 saturated heterocycles. The lowest BCUT2D eigenvalue weighted by atomic mass is 10.0. The van der Waals surface area contributed by atoms with E-state index in [1.807, 2.05) is 0 Å². The summed E-state index contributed by atoms with van der Waals surface area (Å²) in [5.74, 6) is -0.375. The molecule has 0 aliphatic rings. The highest BCUT2D eigenvalue weighted by atomic mass is 16.6. The lowest BCUT2D eigenvalue weighted by Gasteiger charge is -2.18. The Morgan fingerprint density at radius 2 is 0.589 bits per heavy atom. The smallest absolute Gasteiger partial charge is 0.306 e. The highest BCUT2D eigenvalue weighted by Crippen LogP contribution is 2.16. The summed E-state index contributed by atoms with van der Waals surface area (Å²) in [6.07, 6.45) is 52.5. The van der Waals surface area contributed by atoms with Gasteiger partial charge in [-0.25, -0.2) is 0 Å². The molecule has 0 saturated carbocycles. The summed E-state index contributed by atoms with van der Waals surface area (Å²) in [6, 6.07) is 0. The number of hydrogen-bond acceptors (Lipinski definition) is 5. The zero-order valence-corrected chi connectivity index (χ0v) is 38.4. The summed E-state index contributed by atoms with van der Waals surface area (Å²) in [4.78, 5) is 25.3. The van der Waals surface area contributed by atoms with Gasteiger partial charge >= 0.3 is 11.9 Å². The maximum Gasteiger partial charge on any atom is 0.306 e. The third kappa shape index (κ3) is 45.6. The second-order valence-electron chi connectivity index (χ2n) is 17.5. The van der Waals surface area contributed by atoms with E-state index in [1.165, 1.54) is 225 Å². The van der Waals surface area contributed by atoms with Crippen molar-refractivity contribution in [2.24, 2.45) is 0 Å². The predicted octanol–water partition coefficient (Wildman–Crippen LogP) is 16.9. The Hall–Kier alpha value is -1.10. The van der Waals surface area contributed by atoms with Gasteiger partial charge in [0.1, 0.15) is 6.61 Å². The minimum atomic E-state index is -0.521. The molecule has 0 heterocycles. The van der Waals surface area contributed by atoms with Crippen LogP contribution in [0.2, 0.25) is 0 Å². The molecule has 56 heavy (non-hydrogen) atoms. The van der Waals surface area contributed by atoms with E-state index >= 15 is 0 Å². The standard InChI is InChI=1S/C51H100O5/c1-4-7-10-13-16-19-22-23-24-25-26-27-28-31-34-37-40-43-46-54-47-49(56-51(53)45-42-39-36-33-30-21-18-15-12-9-6-3)48-55-50(52)44-41-38-35-32-29-20-17-14-11-8-5-2/h49H,4-48H2,1-3H3. The van der Waals surface area contributed by atoms with Crippen LogP contribution in [0.15, 0.2) is 0 Å². The highest BCUT2D eigenvalue weighted by Gasteiger charge is 2.17. The minimum absolute atomic E-state index is 0.0972. The second-order valence-corrected chi connectivity index (χ2v) is 17.5. The van der Waals surface area contributed by atoms with E-state index in [2.05, 4.69) is 20.8 Å². The van der Waals surface area contributed by atoms with E-state index in [9.17, 15) is 9.59 Å². The monoisotopic (exact) mass is 793 g/mol. The number of carbonyl (C=O) groups excluding carboxylic acids is 2. The highest BCUT2D eigenvalue weighted by molar-refractivity contribution is 5.70. The molecule has 1 unspecified atom stereocenters. The molecule has 0 N–H and O–H groups in total. The Morgan fingerprint density at radius 3 is 0.911 bits per heavy atom. The number of esters is 2. The fourth-order valence-electron chi connectivity index (χ4n) is 7.81. The molecule has 0 amide bonds. The van der Waals surface area contributed by atoms with Gasteiger partial charge in [0.15, 0.2) is 6.10 Å². The Labute approximate surface area is 351 Å². The number of ether oxygens (including phenoxy) is 3. The van der Waals surface area contributed by atoms with Crippen LogP contribution >= 0.6 is 0 Å². The van der Waals surface area contributed by atoms with Gasteiger partial charge in [-0.2, -0.15) is 0 Å². The van der Waals surface area contributed by atoms with Gasteiger partial charge < -0.3 is 14.2 Å². The lowest BCUT2D eigenvalue weighted by molar-refractivity contribution is -0.163. The molecule has 0 rings (SSSR count). The number of rotatable bonds is 48. The van der Waals surface area contributed by atoms with Crippen LogP contribution in [0.4, 0.5) is 0 Å². The van der Waals surface area contributed by atoms with Crippen molar-refractivity contribution in [2.75, 3.05) is 19.8 Å². The van der Waals surface area contributed by atoms with E-state index in [4.69, 9.17) is 14.2 Å². The largest absolute Gasteiger partial charge is 0.462 e. The molecular formula is C51H100O5. The van der Waals surface area contributed by atoms with Crippen molar-refractivity contribution in [3.8, 4) is 0 Å². The van der Waals surface area contributed by atoms with Crippen molar-refractivity contribution < 1.29 is 23.8 Å². The van der Waals surface area contributed by atoms with Gasteiger partial charge in [-0.05, 0) is 19.3 Å². The molecule has 0 aromatic heterocycles. The molecule has 0 aromatic carbocycles. The van der Waals surface area contributed by atoms with Crippen molar-refractivity contribution in [3.05, 3.63) is 0 Å². The topological polar surface area (TPSA) is 61.8 Å². The number of carbonyl (C=O) groups is 2. The SMILES string of the molecule is CCCCCCCCCCCCCCCCCCCCOCC(COC(=O)CCCCCCCCCCCCC)OC(=O)CCCCCCCCCCCCC. The van der Waals surface area contributed by atoms with Crippen LogP contribution in [0.1, 0.15) is 290 Å². The van der Waals surface area contributed by atoms with Crippen LogP contribution in [-0.2, 0) is 23.8 Å².